The Morgan fingerprint density at radius 3 is 2.81 bits per heavy atom. The van der Waals surface area contributed by atoms with Gasteiger partial charge in [0.05, 0.1) is 17.2 Å². The summed E-state index contributed by atoms with van der Waals surface area (Å²) in [5.41, 5.74) is 4.30. The highest BCUT2D eigenvalue weighted by Gasteiger charge is 2.25. The zero-order valence-electron chi connectivity index (χ0n) is 15.5. The van der Waals surface area contributed by atoms with Crippen molar-refractivity contribution >= 4 is 16.9 Å². The number of rotatable bonds is 5. The molecule has 4 rings (SSSR count). The van der Waals surface area contributed by atoms with Gasteiger partial charge in [0.1, 0.15) is 5.52 Å². The third kappa shape index (κ3) is 3.83. The molecule has 1 amide bonds. The van der Waals surface area contributed by atoms with E-state index in [1.807, 2.05) is 35.2 Å². The molecule has 27 heavy (non-hydrogen) atoms. The number of para-hydroxylation sites is 1. The number of nitrogens with zero attached hydrogens (tertiary/aromatic N) is 3. The van der Waals surface area contributed by atoms with Gasteiger partial charge >= 0.3 is 0 Å². The van der Waals surface area contributed by atoms with Crippen LogP contribution in [0.25, 0.3) is 11.0 Å². The molecule has 0 saturated carbocycles. The molecule has 0 aliphatic carbocycles. The van der Waals surface area contributed by atoms with E-state index in [2.05, 4.69) is 29.0 Å². The van der Waals surface area contributed by atoms with Crippen LogP contribution in [0, 0.1) is 6.92 Å². The van der Waals surface area contributed by atoms with E-state index in [0.717, 1.165) is 30.5 Å². The summed E-state index contributed by atoms with van der Waals surface area (Å²) in [6.45, 7) is 4.00. The van der Waals surface area contributed by atoms with Crippen LogP contribution in [-0.4, -0.2) is 40.0 Å². The lowest BCUT2D eigenvalue weighted by atomic mass is 10.1. The summed E-state index contributed by atoms with van der Waals surface area (Å²) in [7, 11) is 0. The zero-order chi connectivity index (χ0) is 18.6. The molecule has 2 aromatic carbocycles. The molecule has 0 radical (unpaired) electrons. The van der Waals surface area contributed by atoms with E-state index >= 15 is 0 Å². The Morgan fingerprint density at radius 2 is 2.00 bits per heavy atom. The van der Waals surface area contributed by atoms with Crippen molar-refractivity contribution in [2.75, 3.05) is 13.2 Å². The third-order valence-electron chi connectivity index (χ3n) is 5.09. The van der Waals surface area contributed by atoms with E-state index in [9.17, 15) is 4.79 Å². The molecule has 1 saturated heterocycles. The van der Waals surface area contributed by atoms with Gasteiger partial charge in [0.25, 0.3) is 5.91 Å². The average molecular weight is 361 g/mol. The second kappa shape index (κ2) is 7.84. The lowest BCUT2D eigenvalue weighted by molar-refractivity contribution is 0.0508. The van der Waals surface area contributed by atoms with Crippen molar-refractivity contribution in [3.63, 3.8) is 0 Å². The fourth-order valence-corrected chi connectivity index (χ4v) is 3.58. The molecule has 1 aliphatic heterocycles. The van der Waals surface area contributed by atoms with Crippen molar-refractivity contribution in [2.45, 2.75) is 32.4 Å². The molecule has 0 N–H and O–H groups in total. The second-order valence-electron chi connectivity index (χ2n) is 6.98. The number of carbonyl (C=O) groups excluding carboxylic acids is 1. The SMILES string of the molecule is Cc1ccccc1CN(C[C@@H]1CCCO1)C(=O)c1cccc2nccnc12. The minimum absolute atomic E-state index is 0.0279. The number of ether oxygens (including phenoxy) is 1. The number of benzene rings is 2. The van der Waals surface area contributed by atoms with Crippen LogP contribution in [0.1, 0.15) is 34.3 Å². The van der Waals surface area contributed by atoms with Gasteiger partial charge in [0, 0.05) is 32.1 Å². The molecule has 0 unspecified atom stereocenters. The van der Waals surface area contributed by atoms with Gasteiger partial charge in [-0.15, -0.1) is 0 Å². The first-order chi connectivity index (χ1) is 13.2. The third-order valence-corrected chi connectivity index (χ3v) is 5.09. The predicted octanol–water partition coefficient (Wildman–Crippen LogP) is 3.76. The number of amides is 1. The van der Waals surface area contributed by atoms with Crippen LogP contribution in [0.15, 0.2) is 54.9 Å². The summed E-state index contributed by atoms with van der Waals surface area (Å²) >= 11 is 0. The summed E-state index contributed by atoms with van der Waals surface area (Å²) in [6.07, 6.45) is 5.42. The van der Waals surface area contributed by atoms with Gasteiger partial charge in [-0.1, -0.05) is 30.3 Å². The molecule has 138 valence electrons. The molecule has 0 spiro atoms. The number of carbonyl (C=O) groups is 1. The maximum atomic E-state index is 13.5. The number of hydrogen-bond donors (Lipinski definition) is 0. The highest BCUT2D eigenvalue weighted by Crippen LogP contribution is 2.21. The van der Waals surface area contributed by atoms with Gasteiger partial charge < -0.3 is 9.64 Å². The molecular formula is C22H23N3O2. The van der Waals surface area contributed by atoms with E-state index in [1.54, 1.807) is 12.4 Å². The van der Waals surface area contributed by atoms with Crippen molar-refractivity contribution in [1.29, 1.82) is 0 Å². The van der Waals surface area contributed by atoms with Crippen LogP contribution in [0.5, 0.6) is 0 Å². The van der Waals surface area contributed by atoms with Crippen LogP contribution < -0.4 is 0 Å². The quantitative estimate of drug-likeness (QED) is 0.694. The normalized spacial score (nSPS) is 16.6. The van der Waals surface area contributed by atoms with E-state index in [1.165, 1.54) is 5.56 Å². The van der Waals surface area contributed by atoms with Crippen molar-refractivity contribution in [2.24, 2.45) is 0 Å². The molecule has 1 aliphatic rings. The number of hydrogen-bond acceptors (Lipinski definition) is 4. The van der Waals surface area contributed by atoms with E-state index in [-0.39, 0.29) is 12.0 Å². The molecule has 3 aromatic rings. The van der Waals surface area contributed by atoms with Crippen molar-refractivity contribution in [1.82, 2.24) is 14.9 Å². The Kier molecular flexibility index (Phi) is 5.12. The predicted molar refractivity (Wildman–Crippen MR) is 104 cm³/mol. The molecule has 1 atom stereocenters. The molecular weight excluding hydrogens is 338 g/mol. The van der Waals surface area contributed by atoms with Crippen LogP contribution >= 0.6 is 0 Å². The molecule has 5 heteroatoms. The Morgan fingerprint density at radius 1 is 1.15 bits per heavy atom. The van der Waals surface area contributed by atoms with Crippen LogP contribution in [-0.2, 0) is 11.3 Å². The van der Waals surface area contributed by atoms with E-state index < -0.39 is 0 Å². The highest BCUT2D eigenvalue weighted by atomic mass is 16.5. The van der Waals surface area contributed by atoms with Gasteiger partial charge in [-0.2, -0.15) is 0 Å². The standard InChI is InChI=1S/C22H23N3O2/c1-16-6-2-3-7-17(16)14-25(15-18-8-5-13-27-18)22(26)19-9-4-10-20-21(19)24-12-11-23-20/h2-4,6-7,9-12,18H,5,8,13-15H2,1H3/t18-/m0/s1. The summed E-state index contributed by atoms with van der Waals surface area (Å²) in [5.74, 6) is -0.0279. The van der Waals surface area contributed by atoms with E-state index in [4.69, 9.17) is 4.74 Å². The largest absolute Gasteiger partial charge is 0.376 e. The molecule has 1 aromatic heterocycles. The summed E-state index contributed by atoms with van der Waals surface area (Å²) < 4.78 is 5.80. The van der Waals surface area contributed by atoms with E-state index in [0.29, 0.717) is 24.2 Å². The first-order valence-electron chi connectivity index (χ1n) is 9.37. The van der Waals surface area contributed by atoms with Gasteiger partial charge in [-0.05, 0) is 43.0 Å². The number of fused-ring (bicyclic) bond motifs is 1. The first-order valence-corrected chi connectivity index (χ1v) is 9.37. The van der Waals surface area contributed by atoms with Crippen LogP contribution in [0.3, 0.4) is 0 Å². The molecule has 1 fully saturated rings. The Balaban J connectivity index is 1.68. The van der Waals surface area contributed by atoms with Gasteiger partial charge in [0.2, 0.25) is 0 Å². The average Bonchev–Trinajstić information content (AvgIpc) is 3.21. The summed E-state index contributed by atoms with van der Waals surface area (Å²) in [5, 5.41) is 0. The maximum absolute atomic E-state index is 13.5. The fourth-order valence-electron chi connectivity index (χ4n) is 3.58. The monoisotopic (exact) mass is 361 g/mol. The minimum atomic E-state index is -0.0279. The topological polar surface area (TPSA) is 55.3 Å². The summed E-state index contributed by atoms with van der Waals surface area (Å²) in [4.78, 5) is 24.1. The smallest absolute Gasteiger partial charge is 0.256 e. The second-order valence-corrected chi connectivity index (χ2v) is 6.98. The lowest BCUT2D eigenvalue weighted by Gasteiger charge is -2.26. The van der Waals surface area contributed by atoms with Gasteiger partial charge in [-0.25, -0.2) is 0 Å². The molecule has 2 heterocycles. The molecule has 5 nitrogen and oxygen atoms in total. The zero-order valence-corrected chi connectivity index (χ0v) is 15.5. The Labute approximate surface area is 159 Å². The number of aromatic nitrogens is 2. The maximum Gasteiger partial charge on any atom is 0.256 e. The van der Waals surface area contributed by atoms with Crippen molar-refractivity contribution < 1.29 is 9.53 Å². The van der Waals surface area contributed by atoms with Gasteiger partial charge in [-0.3, -0.25) is 14.8 Å². The van der Waals surface area contributed by atoms with Crippen molar-refractivity contribution in [3.8, 4) is 0 Å². The van der Waals surface area contributed by atoms with Gasteiger partial charge in [0.15, 0.2) is 0 Å². The Bertz CT molecular complexity index is 946. The number of aryl methyl sites for hydroxylation is 1. The summed E-state index contributed by atoms with van der Waals surface area (Å²) in [6, 6.07) is 13.8. The minimum Gasteiger partial charge on any atom is -0.376 e. The highest BCUT2D eigenvalue weighted by molar-refractivity contribution is 6.04. The lowest BCUT2D eigenvalue weighted by Crippen LogP contribution is -2.37. The van der Waals surface area contributed by atoms with Crippen molar-refractivity contribution in [3.05, 3.63) is 71.5 Å². The molecule has 0 bridgehead atoms. The van der Waals surface area contributed by atoms with Crippen LogP contribution in [0.4, 0.5) is 0 Å². The Hall–Kier alpha value is -2.79. The first kappa shape index (κ1) is 17.6. The van der Waals surface area contributed by atoms with Crippen LogP contribution in [0.2, 0.25) is 0 Å². The fraction of sp³-hybridized carbons (Fsp3) is 0.318.